The van der Waals surface area contributed by atoms with Crippen molar-refractivity contribution >= 4 is 11.8 Å². The van der Waals surface area contributed by atoms with Crippen LogP contribution in [0.15, 0.2) is 12.2 Å². The van der Waals surface area contributed by atoms with Crippen LogP contribution < -0.4 is 5.32 Å². The van der Waals surface area contributed by atoms with E-state index in [0.717, 1.165) is 30.8 Å². The topological polar surface area (TPSA) is 169 Å². The van der Waals surface area contributed by atoms with Crippen molar-refractivity contribution in [3.63, 3.8) is 0 Å². The lowest BCUT2D eigenvalue weighted by Gasteiger charge is -2.22. The van der Waals surface area contributed by atoms with Gasteiger partial charge in [0.2, 0.25) is 0 Å². The molecule has 1 saturated heterocycles. The van der Waals surface area contributed by atoms with Gasteiger partial charge in [-0.25, -0.2) is 0 Å². The van der Waals surface area contributed by atoms with E-state index in [-0.39, 0.29) is 25.0 Å². The Bertz CT molecular complexity index is 833. The van der Waals surface area contributed by atoms with Gasteiger partial charge in [0, 0.05) is 12.2 Å². The van der Waals surface area contributed by atoms with E-state index in [9.17, 15) is 9.59 Å². The highest BCUT2D eigenvalue weighted by Crippen LogP contribution is 2.06. The number of hydrogen-bond acceptors (Lipinski definition) is 16. The number of ether oxygens (including phenoxy) is 13. The molecule has 0 aromatic carbocycles. The van der Waals surface area contributed by atoms with Crippen LogP contribution in [0.3, 0.4) is 0 Å². The van der Waals surface area contributed by atoms with Crippen LogP contribution in [0.5, 0.6) is 0 Å². The third-order valence-electron chi connectivity index (χ3n) is 7.32. The zero-order chi connectivity index (χ0) is 36.8. The van der Waals surface area contributed by atoms with Crippen molar-refractivity contribution in [3.05, 3.63) is 12.2 Å². The molecule has 1 N–H and O–H groups in total. The minimum atomic E-state index is -0.307. The first kappa shape index (κ1) is 46.5. The predicted octanol–water partition coefficient (Wildman–Crippen LogP) is -0.121. The van der Waals surface area contributed by atoms with Crippen molar-refractivity contribution in [1.82, 2.24) is 10.2 Å². The first-order valence-electron chi connectivity index (χ1n) is 18.6. The van der Waals surface area contributed by atoms with E-state index < -0.39 is 0 Å². The van der Waals surface area contributed by atoms with E-state index >= 15 is 0 Å². The molecule has 2 aliphatic rings. The number of carbonyl (C=O) groups is 2. The number of rotatable bonds is 40. The van der Waals surface area contributed by atoms with Gasteiger partial charge in [0.25, 0.3) is 11.8 Å². The standard InChI is InChI=1S/C35H64N2O15/c38-34-1-2-35(39)37(34)7-8-40-9-10-41-11-12-42-13-14-43-15-16-44-17-18-45-19-20-46-21-22-47-23-24-48-25-26-49-27-28-50-29-30-51-31-32-52-33-3-5-36-6-4-33/h1-2,33,36H,3-32H2. The molecule has 0 atom stereocenters. The summed E-state index contributed by atoms with van der Waals surface area (Å²) in [6.07, 6.45) is 5.03. The Kier molecular flexibility index (Phi) is 32.4. The Morgan fingerprint density at radius 1 is 0.404 bits per heavy atom. The smallest absolute Gasteiger partial charge is 0.253 e. The Hall–Kier alpha value is -1.68. The van der Waals surface area contributed by atoms with Crippen LogP contribution in [0, 0.1) is 0 Å². The van der Waals surface area contributed by atoms with E-state index in [1.165, 1.54) is 12.2 Å². The molecule has 0 aliphatic carbocycles. The third kappa shape index (κ3) is 28.8. The number of hydrogen-bond donors (Lipinski definition) is 1. The average molecular weight is 753 g/mol. The number of nitrogens with zero attached hydrogens (tertiary/aromatic N) is 1. The SMILES string of the molecule is O=C1C=CC(=O)N1CCOCCOCCOCCOCCOCCOCCOCCOCCOCCOCCOCCOCCOC1CCNCC1. The second-order valence-corrected chi connectivity index (χ2v) is 11.3. The molecular weight excluding hydrogens is 688 g/mol. The van der Waals surface area contributed by atoms with Gasteiger partial charge in [0.15, 0.2) is 0 Å². The van der Waals surface area contributed by atoms with Gasteiger partial charge in [0.05, 0.1) is 178 Å². The molecule has 0 aromatic heterocycles. The molecule has 17 heteroatoms. The molecule has 0 unspecified atom stereocenters. The molecule has 1 fully saturated rings. The van der Waals surface area contributed by atoms with E-state index in [0.29, 0.717) is 165 Å². The molecule has 0 saturated carbocycles. The second kappa shape index (κ2) is 36.3. The van der Waals surface area contributed by atoms with Crippen molar-refractivity contribution in [1.29, 1.82) is 0 Å². The maximum atomic E-state index is 11.4. The summed E-state index contributed by atoms with van der Waals surface area (Å²) >= 11 is 0. The summed E-state index contributed by atoms with van der Waals surface area (Å²) in [6, 6.07) is 0. The van der Waals surface area contributed by atoms with Gasteiger partial charge in [-0.3, -0.25) is 14.5 Å². The van der Waals surface area contributed by atoms with Crippen LogP contribution in [0.2, 0.25) is 0 Å². The summed E-state index contributed by atoms with van der Waals surface area (Å²) in [6.45, 7) is 14.5. The summed E-state index contributed by atoms with van der Waals surface area (Å²) < 4.78 is 71.4. The largest absolute Gasteiger partial charge is 0.377 e. The zero-order valence-corrected chi connectivity index (χ0v) is 31.0. The molecule has 0 aromatic rings. The van der Waals surface area contributed by atoms with Gasteiger partial charge in [-0.05, 0) is 25.9 Å². The lowest BCUT2D eigenvalue weighted by molar-refractivity contribution is -0.137. The highest BCUT2D eigenvalue weighted by atomic mass is 16.6. The van der Waals surface area contributed by atoms with Gasteiger partial charge >= 0.3 is 0 Å². The highest BCUT2D eigenvalue weighted by Gasteiger charge is 2.22. The number of carbonyl (C=O) groups excluding carboxylic acids is 2. The van der Waals surface area contributed by atoms with Crippen molar-refractivity contribution < 1.29 is 71.2 Å². The number of nitrogens with one attached hydrogen (secondary N) is 1. The zero-order valence-electron chi connectivity index (χ0n) is 31.0. The van der Waals surface area contributed by atoms with E-state index in [1.807, 2.05) is 0 Å². The number of piperidine rings is 1. The van der Waals surface area contributed by atoms with Gasteiger partial charge in [-0.15, -0.1) is 0 Å². The second-order valence-electron chi connectivity index (χ2n) is 11.3. The van der Waals surface area contributed by atoms with Crippen LogP contribution in [-0.4, -0.2) is 208 Å². The molecule has 2 aliphatic heterocycles. The molecular formula is C35H64N2O15. The summed E-state index contributed by atoms with van der Waals surface area (Å²) in [5, 5.41) is 3.33. The first-order valence-corrected chi connectivity index (χ1v) is 18.6. The molecule has 0 bridgehead atoms. The number of imide groups is 1. The minimum Gasteiger partial charge on any atom is -0.377 e. The van der Waals surface area contributed by atoms with Gasteiger partial charge in [0.1, 0.15) is 0 Å². The van der Waals surface area contributed by atoms with E-state index in [1.54, 1.807) is 0 Å². The summed E-state index contributed by atoms with van der Waals surface area (Å²) in [7, 11) is 0. The van der Waals surface area contributed by atoms with Crippen LogP contribution in [-0.2, 0) is 71.2 Å². The van der Waals surface area contributed by atoms with E-state index in [4.69, 9.17) is 61.6 Å². The van der Waals surface area contributed by atoms with Crippen molar-refractivity contribution in [3.8, 4) is 0 Å². The highest BCUT2D eigenvalue weighted by molar-refractivity contribution is 6.12. The Labute approximate surface area is 309 Å². The Morgan fingerprint density at radius 2 is 0.654 bits per heavy atom. The molecule has 2 rings (SSSR count). The normalized spacial score (nSPS) is 15.1. The summed E-state index contributed by atoms with van der Waals surface area (Å²) in [4.78, 5) is 24.0. The monoisotopic (exact) mass is 752 g/mol. The van der Waals surface area contributed by atoms with Crippen molar-refractivity contribution in [2.45, 2.75) is 18.9 Å². The lowest BCUT2D eigenvalue weighted by atomic mass is 10.1. The number of amides is 2. The Balaban J connectivity index is 1.12. The first-order chi connectivity index (χ1) is 25.8. The Morgan fingerprint density at radius 3 is 0.942 bits per heavy atom. The summed E-state index contributed by atoms with van der Waals surface area (Å²) in [5.74, 6) is -0.614. The lowest BCUT2D eigenvalue weighted by Crippen LogP contribution is -2.33. The molecule has 17 nitrogen and oxygen atoms in total. The molecule has 0 radical (unpaired) electrons. The minimum absolute atomic E-state index is 0.238. The molecule has 0 spiro atoms. The third-order valence-corrected chi connectivity index (χ3v) is 7.32. The van der Waals surface area contributed by atoms with Gasteiger partial charge < -0.3 is 66.9 Å². The van der Waals surface area contributed by atoms with Crippen LogP contribution in [0.4, 0.5) is 0 Å². The fourth-order valence-electron chi connectivity index (χ4n) is 4.56. The van der Waals surface area contributed by atoms with Gasteiger partial charge in [-0.1, -0.05) is 0 Å². The fourth-order valence-corrected chi connectivity index (χ4v) is 4.56. The quantitative estimate of drug-likeness (QED) is 0.0649. The maximum Gasteiger partial charge on any atom is 0.253 e. The average Bonchev–Trinajstić information content (AvgIpc) is 3.48. The van der Waals surface area contributed by atoms with Crippen LogP contribution >= 0.6 is 0 Å². The van der Waals surface area contributed by atoms with Crippen LogP contribution in [0.25, 0.3) is 0 Å². The van der Waals surface area contributed by atoms with Gasteiger partial charge in [-0.2, -0.15) is 0 Å². The molecule has 304 valence electrons. The van der Waals surface area contributed by atoms with Crippen molar-refractivity contribution in [2.24, 2.45) is 0 Å². The molecule has 2 heterocycles. The maximum absolute atomic E-state index is 11.4. The van der Waals surface area contributed by atoms with E-state index in [2.05, 4.69) is 5.32 Å². The predicted molar refractivity (Wildman–Crippen MR) is 188 cm³/mol. The van der Waals surface area contributed by atoms with Crippen LogP contribution in [0.1, 0.15) is 12.8 Å². The summed E-state index contributed by atoms with van der Waals surface area (Å²) in [5.41, 5.74) is 0. The van der Waals surface area contributed by atoms with Crippen molar-refractivity contribution in [2.75, 3.05) is 185 Å². The fraction of sp³-hybridized carbons (Fsp3) is 0.886. The molecule has 2 amide bonds. The molecule has 52 heavy (non-hydrogen) atoms.